The second kappa shape index (κ2) is 10.4. The Hall–Kier alpha value is -1.22. The average molecular weight is 411 g/mol. The third kappa shape index (κ3) is 6.14. The van der Waals surface area contributed by atoms with Crippen LogP contribution in [0.2, 0.25) is 0 Å². The van der Waals surface area contributed by atoms with Gasteiger partial charge in [0.25, 0.3) is 5.91 Å². The molecule has 2 heterocycles. The summed E-state index contributed by atoms with van der Waals surface area (Å²) in [5, 5.41) is 3.60. The molecule has 150 valence electrons. The fraction of sp³-hybridized carbons (Fsp3) is 0.684. The van der Waals surface area contributed by atoms with Crippen molar-refractivity contribution >= 4 is 34.6 Å². The van der Waals surface area contributed by atoms with E-state index in [-0.39, 0.29) is 5.91 Å². The Morgan fingerprint density at radius 3 is 2.96 bits per heavy atom. The predicted octanol–water partition coefficient (Wildman–Crippen LogP) is 2.09. The number of thiocarbonyl (C=S) groups is 1. The Bertz CT molecular complexity index is 644. The summed E-state index contributed by atoms with van der Waals surface area (Å²) in [5.41, 5.74) is 6.88. The highest BCUT2D eigenvalue weighted by Crippen LogP contribution is 2.33. The van der Waals surface area contributed by atoms with Gasteiger partial charge in [-0.2, -0.15) is 0 Å². The molecule has 1 aliphatic heterocycles. The lowest BCUT2D eigenvalue weighted by atomic mass is 9.87. The third-order valence-electron chi connectivity index (χ3n) is 5.32. The van der Waals surface area contributed by atoms with E-state index in [1.165, 1.54) is 23.3 Å². The van der Waals surface area contributed by atoms with E-state index in [2.05, 4.69) is 34.1 Å². The fourth-order valence-corrected chi connectivity index (χ4v) is 4.86. The van der Waals surface area contributed by atoms with Gasteiger partial charge < -0.3 is 10.1 Å². The standard InChI is InChI=1S/C19H30N4O2S2/c1-2-14-4-5-16-15(12-14)13-17(27-16)18(24)21-22-19(26)20-6-3-7-23-8-10-25-11-9-23/h13-14H,2-12H2,1H3,(H,21,24)(H2,20,22,26)/t14-/m0/s1. The lowest BCUT2D eigenvalue weighted by molar-refractivity contribution is 0.0376. The minimum atomic E-state index is -0.111. The van der Waals surface area contributed by atoms with Crippen molar-refractivity contribution in [2.75, 3.05) is 39.4 Å². The molecule has 8 heteroatoms. The average Bonchev–Trinajstić information content (AvgIpc) is 3.13. The molecule has 2 aliphatic rings. The number of fused-ring (bicyclic) bond motifs is 1. The Morgan fingerprint density at radius 2 is 2.19 bits per heavy atom. The van der Waals surface area contributed by atoms with E-state index in [9.17, 15) is 4.79 Å². The van der Waals surface area contributed by atoms with Crippen LogP contribution in [0.5, 0.6) is 0 Å². The molecule has 1 aliphatic carbocycles. The van der Waals surface area contributed by atoms with Crippen LogP contribution in [0.25, 0.3) is 0 Å². The maximum absolute atomic E-state index is 12.4. The Kier molecular flexibility index (Phi) is 7.87. The number of rotatable bonds is 6. The third-order valence-corrected chi connectivity index (χ3v) is 6.80. The van der Waals surface area contributed by atoms with Gasteiger partial charge in [0.05, 0.1) is 18.1 Å². The molecule has 0 spiro atoms. The van der Waals surface area contributed by atoms with Gasteiger partial charge in [-0.25, -0.2) is 0 Å². The Morgan fingerprint density at radius 1 is 1.37 bits per heavy atom. The van der Waals surface area contributed by atoms with Crippen molar-refractivity contribution in [1.29, 1.82) is 0 Å². The van der Waals surface area contributed by atoms with Crippen LogP contribution >= 0.6 is 23.6 Å². The van der Waals surface area contributed by atoms with Crippen molar-refractivity contribution in [3.8, 4) is 0 Å². The fourth-order valence-electron chi connectivity index (χ4n) is 3.61. The second-order valence-corrected chi connectivity index (χ2v) is 8.76. The molecule has 1 fully saturated rings. The van der Waals surface area contributed by atoms with Crippen LogP contribution in [0, 0.1) is 5.92 Å². The number of nitrogens with one attached hydrogen (secondary N) is 3. The number of nitrogens with zero attached hydrogens (tertiary/aromatic N) is 1. The number of amides is 1. The molecular weight excluding hydrogens is 380 g/mol. The van der Waals surface area contributed by atoms with E-state index in [1.54, 1.807) is 11.3 Å². The molecular formula is C19H30N4O2S2. The minimum Gasteiger partial charge on any atom is -0.379 e. The van der Waals surface area contributed by atoms with Gasteiger partial charge in [0, 0.05) is 24.5 Å². The molecule has 1 saturated heterocycles. The normalized spacial score (nSPS) is 20.0. The molecule has 0 unspecified atom stereocenters. The van der Waals surface area contributed by atoms with E-state index in [0.717, 1.165) is 69.5 Å². The number of hydrogen-bond donors (Lipinski definition) is 3. The van der Waals surface area contributed by atoms with Gasteiger partial charge in [-0.05, 0) is 62.0 Å². The summed E-state index contributed by atoms with van der Waals surface area (Å²) in [6.45, 7) is 7.71. The van der Waals surface area contributed by atoms with Gasteiger partial charge in [-0.15, -0.1) is 11.3 Å². The first-order valence-corrected chi connectivity index (χ1v) is 11.1. The SMILES string of the molecule is CC[C@H]1CCc2sc(C(=O)NNC(=S)NCCCN3CCOCC3)cc2C1. The number of ether oxygens (including phenoxy) is 1. The number of aryl methyl sites for hydroxylation is 1. The monoisotopic (exact) mass is 410 g/mol. The maximum atomic E-state index is 12.4. The van der Waals surface area contributed by atoms with Gasteiger partial charge >= 0.3 is 0 Å². The summed E-state index contributed by atoms with van der Waals surface area (Å²) in [4.78, 5) is 16.9. The van der Waals surface area contributed by atoms with Crippen molar-refractivity contribution in [1.82, 2.24) is 21.1 Å². The van der Waals surface area contributed by atoms with Crippen LogP contribution in [0.15, 0.2) is 6.07 Å². The highest BCUT2D eigenvalue weighted by molar-refractivity contribution is 7.80. The Balaban J connectivity index is 1.34. The molecule has 6 nitrogen and oxygen atoms in total. The zero-order valence-corrected chi connectivity index (χ0v) is 17.6. The molecule has 0 saturated carbocycles. The highest BCUT2D eigenvalue weighted by atomic mass is 32.1. The predicted molar refractivity (Wildman–Crippen MR) is 113 cm³/mol. The number of carbonyl (C=O) groups is 1. The van der Waals surface area contributed by atoms with Crippen molar-refractivity contribution in [3.63, 3.8) is 0 Å². The zero-order chi connectivity index (χ0) is 19.1. The van der Waals surface area contributed by atoms with Crippen molar-refractivity contribution in [3.05, 3.63) is 21.4 Å². The molecule has 1 aromatic heterocycles. The van der Waals surface area contributed by atoms with Crippen LogP contribution < -0.4 is 16.2 Å². The van der Waals surface area contributed by atoms with Gasteiger partial charge in [0.15, 0.2) is 5.11 Å². The first-order chi connectivity index (χ1) is 13.2. The van der Waals surface area contributed by atoms with Crippen molar-refractivity contribution < 1.29 is 9.53 Å². The molecule has 3 rings (SSSR count). The van der Waals surface area contributed by atoms with Crippen LogP contribution in [0.4, 0.5) is 0 Å². The quantitative estimate of drug-likeness (QED) is 0.379. The van der Waals surface area contributed by atoms with Crippen molar-refractivity contribution in [2.24, 2.45) is 5.92 Å². The summed E-state index contributed by atoms with van der Waals surface area (Å²) < 4.78 is 5.35. The van der Waals surface area contributed by atoms with E-state index >= 15 is 0 Å². The Labute approximate surface area is 171 Å². The summed E-state index contributed by atoms with van der Waals surface area (Å²) >= 11 is 6.86. The smallest absolute Gasteiger partial charge is 0.279 e. The first-order valence-electron chi connectivity index (χ1n) is 9.91. The first kappa shape index (κ1) is 20.5. The number of hydrazine groups is 1. The number of carbonyl (C=O) groups excluding carboxylic acids is 1. The highest BCUT2D eigenvalue weighted by Gasteiger charge is 2.22. The number of hydrogen-bond acceptors (Lipinski definition) is 5. The van der Waals surface area contributed by atoms with Gasteiger partial charge in [0.1, 0.15) is 0 Å². The van der Waals surface area contributed by atoms with E-state index in [4.69, 9.17) is 17.0 Å². The van der Waals surface area contributed by atoms with E-state index in [0.29, 0.717) is 5.11 Å². The lowest BCUT2D eigenvalue weighted by Gasteiger charge is -2.26. The maximum Gasteiger partial charge on any atom is 0.279 e. The largest absolute Gasteiger partial charge is 0.379 e. The van der Waals surface area contributed by atoms with Crippen LogP contribution in [-0.2, 0) is 17.6 Å². The summed E-state index contributed by atoms with van der Waals surface area (Å²) in [6, 6.07) is 2.05. The minimum absolute atomic E-state index is 0.111. The van der Waals surface area contributed by atoms with E-state index < -0.39 is 0 Å². The summed E-state index contributed by atoms with van der Waals surface area (Å²) in [5.74, 6) is 0.648. The zero-order valence-electron chi connectivity index (χ0n) is 16.0. The van der Waals surface area contributed by atoms with Gasteiger partial charge in [0.2, 0.25) is 0 Å². The summed E-state index contributed by atoms with van der Waals surface area (Å²) in [7, 11) is 0. The molecule has 0 aromatic carbocycles. The number of thiophene rings is 1. The van der Waals surface area contributed by atoms with Gasteiger partial charge in [-0.1, -0.05) is 13.3 Å². The number of morpholine rings is 1. The van der Waals surface area contributed by atoms with Crippen LogP contribution in [-0.4, -0.2) is 55.3 Å². The molecule has 27 heavy (non-hydrogen) atoms. The molecule has 3 N–H and O–H groups in total. The van der Waals surface area contributed by atoms with E-state index in [1.807, 2.05) is 0 Å². The van der Waals surface area contributed by atoms with Crippen LogP contribution in [0.1, 0.15) is 46.3 Å². The lowest BCUT2D eigenvalue weighted by Crippen LogP contribution is -2.47. The molecule has 0 radical (unpaired) electrons. The molecule has 0 bridgehead atoms. The summed E-state index contributed by atoms with van der Waals surface area (Å²) in [6.07, 6.45) is 5.66. The molecule has 1 atom stereocenters. The molecule has 1 aromatic rings. The molecule has 1 amide bonds. The van der Waals surface area contributed by atoms with Gasteiger partial charge in [-0.3, -0.25) is 20.5 Å². The van der Waals surface area contributed by atoms with Crippen LogP contribution in [0.3, 0.4) is 0 Å². The second-order valence-electron chi connectivity index (χ2n) is 7.22. The van der Waals surface area contributed by atoms with Crippen molar-refractivity contribution in [2.45, 2.75) is 39.0 Å². The topological polar surface area (TPSA) is 65.6 Å².